The molecule has 0 heterocycles. The molecule has 2 N–H and O–H groups in total. The zero-order valence-electron chi connectivity index (χ0n) is 9.84. The molecule has 0 aromatic heterocycles. The Kier molecular flexibility index (Phi) is 3.66. The average Bonchev–Trinajstić information content (AvgIpc) is 2.37. The van der Waals surface area contributed by atoms with Gasteiger partial charge in [-0.25, -0.2) is 9.18 Å². The van der Waals surface area contributed by atoms with Crippen LogP contribution in [0.5, 0.6) is 11.5 Å². The minimum Gasteiger partial charge on any atom is -0.508 e. The Bertz CT molecular complexity index is 610. The Balaban J connectivity index is 2.17. The highest BCUT2D eigenvalue weighted by molar-refractivity contribution is 5.89. The van der Waals surface area contributed by atoms with Gasteiger partial charge < -0.3 is 14.9 Å². The molecule has 0 fully saturated rings. The molecule has 0 aliphatic heterocycles. The van der Waals surface area contributed by atoms with Crippen molar-refractivity contribution in [2.75, 3.05) is 0 Å². The Morgan fingerprint density at radius 1 is 1.21 bits per heavy atom. The summed E-state index contributed by atoms with van der Waals surface area (Å²) in [5.41, 5.74) is 0.220. The summed E-state index contributed by atoms with van der Waals surface area (Å²) in [5.74, 6) is -1.37. The summed E-state index contributed by atoms with van der Waals surface area (Å²) < 4.78 is 18.3. The molecule has 2 aromatic carbocycles. The minimum atomic E-state index is -1.21. The van der Waals surface area contributed by atoms with Crippen molar-refractivity contribution in [3.8, 4) is 11.5 Å². The summed E-state index contributed by atoms with van der Waals surface area (Å²) in [6, 6.07) is 9.62. The van der Waals surface area contributed by atoms with Crippen LogP contribution in [0.4, 0.5) is 4.39 Å². The van der Waals surface area contributed by atoms with E-state index in [1.807, 2.05) is 0 Å². The maximum atomic E-state index is 13.0. The van der Waals surface area contributed by atoms with Crippen LogP contribution in [-0.4, -0.2) is 16.2 Å². The van der Waals surface area contributed by atoms with E-state index in [-0.39, 0.29) is 17.9 Å². The van der Waals surface area contributed by atoms with Crippen LogP contribution in [-0.2, 0) is 6.61 Å². The number of phenolic OH excluding ortho intramolecular Hbond substituents is 1. The first-order valence-electron chi connectivity index (χ1n) is 5.50. The molecule has 0 radical (unpaired) electrons. The van der Waals surface area contributed by atoms with Crippen LogP contribution in [0.3, 0.4) is 0 Å². The molecule has 5 heteroatoms. The van der Waals surface area contributed by atoms with Gasteiger partial charge in [-0.3, -0.25) is 0 Å². The first kappa shape index (κ1) is 12.9. The molecule has 0 atom stereocenters. The lowest BCUT2D eigenvalue weighted by Gasteiger charge is -2.09. The van der Waals surface area contributed by atoms with Gasteiger partial charge in [-0.1, -0.05) is 12.1 Å². The number of rotatable bonds is 4. The standard InChI is InChI=1S/C14H11FO4/c15-10-5-4-9(13(6-10)14(17)18)8-19-12-3-1-2-11(16)7-12/h1-7,16H,8H2,(H,17,18). The highest BCUT2D eigenvalue weighted by Gasteiger charge is 2.11. The number of hydrogen-bond acceptors (Lipinski definition) is 3. The van der Waals surface area contributed by atoms with Crippen molar-refractivity contribution in [2.45, 2.75) is 6.61 Å². The van der Waals surface area contributed by atoms with Crippen molar-refractivity contribution in [1.29, 1.82) is 0 Å². The van der Waals surface area contributed by atoms with E-state index in [9.17, 15) is 14.3 Å². The van der Waals surface area contributed by atoms with Crippen LogP contribution < -0.4 is 4.74 Å². The molecule has 0 aliphatic carbocycles. The first-order valence-corrected chi connectivity index (χ1v) is 5.50. The zero-order valence-corrected chi connectivity index (χ0v) is 9.84. The lowest BCUT2D eigenvalue weighted by atomic mass is 10.1. The third kappa shape index (κ3) is 3.22. The largest absolute Gasteiger partial charge is 0.508 e. The molecule has 0 spiro atoms. The lowest BCUT2D eigenvalue weighted by molar-refractivity contribution is 0.0693. The van der Waals surface area contributed by atoms with Crippen molar-refractivity contribution in [3.63, 3.8) is 0 Å². The van der Waals surface area contributed by atoms with E-state index >= 15 is 0 Å². The first-order chi connectivity index (χ1) is 9.06. The predicted molar refractivity (Wildman–Crippen MR) is 65.8 cm³/mol. The van der Waals surface area contributed by atoms with E-state index in [1.165, 1.54) is 24.3 Å². The van der Waals surface area contributed by atoms with Crippen LogP contribution >= 0.6 is 0 Å². The Labute approximate surface area is 108 Å². The highest BCUT2D eigenvalue weighted by atomic mass is 19.1. The second kappa shape index (κ2) is 5.39. The molecule has 2 rings (SSSR count). The van der Waals surface area contributed by atoms with Gasteiger partial charge in [-0.2, -0.15) is 0 Å². The number of aromatic carboxylic acids is 1. The van der Waals surface area contributed by atoms with E-state index in [1.54, 1.807) is 12.1 Å². The van der Waals surface area contributed by atoms with Gasteiger partial charge in [0, 0.05) is 11.6 Å². The number of benzene rings is 2. The molecule has 19 heavy (non-hydrogen) atoms. The molecule has 0 amide bonds. The molecule has 4 nitrogen and oxygen atoms in total. The van der Waals surface area contributed by atoms with Crippen molar-refractivity contribution in [3.05, 3.63) is 59.4 Å². The summed E-state index contributed by atoms with van der Waals surface area (Å²) in [6.07, 6.45) is 0. The van der Waals surface area contributed by atoms with Gasteiger partial charge in [-0.05, 0) is 24.3 Å². The van der Waals surface area contributed by atoms with Gasteiger partial charge in [-0.15, -0.1) is 0 Å². The highest BCUT2D eigenvalue weighted by Crippen LogP contribution is 2.20. The summed E-state index contributed by atoms with van der Waals surface area (Å²) in [5, 5.41) is 18.2. The predicted octanol–water partition coefficient (Wildman–Crippen LogP) is 2.81. The fourth-order valence-electron chi connectivity index (χ4n) is 1.61. The molecule has 0 aliphatic rings. The summed E-state index contributed by atoms with van der Waals surface area (Å²) in [6.45, 7) is -0.0225. The summed E-state index contributed by atoms with van der Waals surface area (Å²) in [7, 11) is 0. The summed E-state index contributed by atoms with van der Waals surface area (Å²) in [4.78, 5) is 11.0. The second-order valence-electron chi connectivity index (χ2n) is 3.89. The third-order valence-corrected chi connectivity index (χ3v) is 2.51. The van der Waals surface area contributed by atoms with Crippen LogP contribution in [0.25, 0.3) is 0 Å². The molecule has 0 saturated carbocycles. The Morgan fingerprint density at radius 2 is 2.00 bits per heavy atom. The lowest BCUT2D eigenvalue weighted by Crippen LogP contribution is -2.06. The second-order valence-corrected chi connectivity index (χ2v) is 3.89. The molecule has 2 aromatic rings. The van der Waals surface area contributed by atoms with Crippen LogP contribution in [0.1, 0.15) is 15.9 Å². The van der Waals surface area contributed by atoms with Crippen molar-refractivity contribution in [1.82, 2.24) is 0 Å². The van der Waals surface area contributed by atoms with Gasteiger partial charge in [0.1, 0.15) is 23.9 Å². The minimum absolute atomic E-state index is 0.0225. The molecule has 98 valence electrons. The number of carbonyl (C=O) groups is 1. The zero-order chi connectivity index (χ0) is 13.8. The normalized spacial score (nSPS) is 10.2. The Morgan fingerprint density at radius 3 is 2.68 bits per heavy atom. The van der Waals surface area contributed by atoms with Gasteiger partial charge in [0.05, 0.1) is 5.56 Å². The van der Waals surface area contributed by atoms with Crippen molar-refractivity contribution >= 4 is 5.97 Å². The molecule has 0 unspecified atom stereocenters. The number of hydrogen-bond donors (Lipinski definition) is 2. The number of halogens is 1. The number of aromatic hydroxyl groups is 1. The smallest absolute Gasteiger partial charge is 0.336 e. The summed E-state index contributed by atoms with van der Waals surface area (Å²) >= 11 is 0. The molecular formula is C14H11FO4. The van der Waals surface area contributed by atoms with E-state index in [0.29, 0.717) is 11.3 Å². The van der Waals surface area contributed by atoms with Gasteiger partial charge in [0.25, 0.3) is 0 Å². The average molecular weight is 262 g/mol. The van der Waals surface area contributed by atoms with E-state index in [4.69, 9.17) is 9.84 Å². The van der Waals surface area contributed by atoms with E-state index in [0.717, 1.165) is 6.07 Å². The monoisotopic (exact) mass is 262 g/mol. The number of carboxylic acid groups (broad SMARTS) is 1. The van der Waals surface area contributed by atoms with Crippen molar-refractivity contribution < 1.29 is 24.1 Å². The SMILES string of the molecule is O=C(O)c1cc(F)ccc1COc1cccc(O)c1. The molecular weight excluding hydrogens is 251 g/mol. The van der Waals surface area contributed by atoms with Gasteiger partial charge >= 0.3 is 5.97 Å². The number of carboxylic acids is 1. The van der Waals surface area contributed by atoms with E-state index < -0.39 is 11.8 Å². The number of ether oxygens (including phenoxy) is 1. The van der Waals surface area contributed by atoms with Crippen LogP contribution in [0.2, 0.25) is 0 Å². The fraction of sp³-hybridized carbons (Fsp3) is 0.0714. The Hall–Kier alpha value is -2.56. The van der Waals surface area contributed by atoms with Gasteiger partial charge in [0.15, 0.2) is 0 Å². The molecule has 0 bridgehead atoms. The third-order valence-electron chi connectivity index (χ3n) is 2.51. The fourth-order valence-corrected chi connectivity index (χ4v) is 1.61. The van der Waals surface area contributed by atoms with Gasteiger partial charge in [0.2, 0.25) is 0 Å². The maximum absolute atomic E-state index is 13.0. The topological polar surface area (TPSA) is 66.8 Å². The maximum Gasteiger partial charge on any atom is 0.336 e. The molecule has 0 saturated heterocycles. The van der Waals surface area contributed by atoms with Crippen LogP contribution in [0, 0.1) is 5.82 Å². The van der Waals surface area contributed by atoms with Crippen LogP contribution in [0.15, 0.2) is 42.5 Å². The quantitative estimate of drug-likeness (QED) is 0.889. The van der Waals surface area contributed by atoms with E-state index in [2.05, 4.69) is 0 Å². The number of phenols is 1. The van der Waals surface area contributed by atoms with Crippen molar-refractivity contribution in [2.24, 2.45) is 0 Å².